The Hall–Kier alpha value is -0.610. The van der Waals surface area contributed by atoms with Gasteiger partial charge in [0.1, 0.15) is 5.54 Å². The third-order valence-electron chi connectivity index (χ3n) is 3.24. The van der Waals surface area contributed by atoms with Gasteiger partial charge < -0.3 is 9.47 Å². The van der Waals surface area contributed by atoms with E-state index in [0.29, 0.717) is 31.7 Å². The van der Waals surface area contributed by atoms with Crippen molar-refractivity contribution in [1.82, 2.24) is 5.32 Å². The molecule has 0 bridgehead atoms. The van der Waals surface area contributed by atoms with Gasteiger partial charge in [0.05, 0.1) is 13.2 Å². The molecule has 1 N–H and O–H groups in total. The van der Waals surface area contributed by atoms with Crippen LogP contribution in [0.4, 0.5) is 0 Å². The summed E-state index contributed by atoms with van der Waals surface area (Å²) >= 11 is 0. The summed E-state index contributed by atoms with van der Waals surface area (Å²) in [6.07, 6.45) is 2.15. The molecule has 1 aliphatic rings. The largest absolute Gasteiger partial charge is 0.465 e. The number of ether oxygens (including phenoxy) is 2. The van der Waals surface area contributed by atoms with Crippen molar-refractivity contribution in [2.75, 3.05) is 19.8 Å². The van der Waals surface area contributed by atoms with Crippen LogP contribution in [0.1, 0.15) is 47.5 Å². The van der Waals surface area contributed by atoms with E-state index in [1.54, 1.807) is 0 Å². The summed E-state index contributed by atoms with van der Waals surface area (Å²) in [4.78, 5) is 12.4. The van der Waals surface area contributed by atoms with E-state index >= 15 is 0 Å². The van der Waals surface area contributed by atoms with Crippen LogP contribution in [0.2, 0.25) is 0 Å². The topological polar surface area (TPSA) is 47.6 Å². The Labute approximate surface area is 117 Å². The van der Waals surface area contributed by atoms with E-state index < -0.39 is 5.54 Å². The first-order valence-corrected chi connectivity index (χ1v) is 7.45. The van der Waals surface area contributed by atoms with Crippen molar-refractivity contribution >= 4 is 5.97 Å². The van der Waals surface area contributed by atoms with Crippen LogP contribution in [0.15, 0.2) is 0 Å². The first-order chi connectivity index (χ1) is 8.92. The molecule has 1 fully saturated rings. The van der Waals surface area contributed by atoms with Gasteiger partial charge in [-0.05, 0) is 45.4 Å². The number of hydrogen-bond donors (Lipinski definition) is 1. The highest BCUT2D eigenvalue weighted by atomic mass is 16.5. The fourth-order valence-electron chi connectivity index (χ4n) is 2.37. The van der Waals surface area contributed by atoms with Crippen molar-refractivity contribution in [3.63, 3.8) is 0 Å². The summed E-state index contributed by atoms with van der Waals surface area (Å²) in [5.74, 6) is 0.661. The molecule has 1 atom stereocenters. The summed E-state index contributed by atoms with van der Waals surface area (Å²) in [5.41, 5.74) is -0.654. The molecule has 0 aromatic carbocycles. The molecule has 0 radical (unpaired) electrons. The Balaban J connectivity index is 2.75. The lowest BCUT2D eigenvalue weighted by molar-refractivity contribution is -0.156. The fraction of sp³-hybridized carbons (Fsp3) is 0.933. The monoisotopic (exact) mass is 271 g/mol. The van der Waals surface area contributed by atoms with Gasteiger partial charge in [-0.15, -0.1) is 0 Å². The second-order valence-corrected chi connectivity index (χ2v) is 6.17. The second kappa shape index (κ2) is 7.25. The van der Waals surface area contributed by atoms with E-state index in [1.807, 2.05) is 6.92 Å². The maximum absolute atomic E-state index is 12.4. The van der Waals surface area contributed by atoms with Gasteiger partial charge in [0.2, 0.25) is 0 Å². The predicted molar refractivity (Wildman–Crippen MR) is 76.0 cm³/mol. The van der Waals surface area contributed by atoms with Crippen LogP contribution in [-0.2, 0) is 14.3 Å². The Kier molecular flexibility index (Phi) is 6.27. The van der Waals surface area contributed by atoms with Crippen LogP contribution in [0.25, 0.3) is 0 Å². The lowest BCUT2D eigenvalue weighted by Crippen LogP contribution is -2.60. The number of rotatable bonds is 9. The molecule has 0 saturated heterocycles. The van der Waals surface area contributed by atoms with E-state index in [2.05, 4.69) is 33.0 Å². The average Bonchev–Trinajstić information content (AvgIpc) is 3.10. The molecule has 0 spiro atoms. The molecule has 0 heterocycles. The predicted octanol–water partition coefficient (Wildman–Crippen LogP) is 2.37. The summed E-state index contributed by atoms with van der Waals surface area (Å²) in [5, 5.41) is 3.41. The molecule has 4 nitrogen and oxygen atoms in total. The lowest BCUT2D eigenvalue weighted by atomic mass is 9.93. The standard InChI is InChI=1S/C15H29NO3/c1-6-19-14(17)15(13-7-8-13,16-12(4)5)10-18-9-11(2)3/h11-13,16H,6-10H2,1-5H3. The van der Waals surface area contributed by atoms with Gasteiger partial charge in [-0.25, -0.2) is 4.79 Å². The molecule has 1 unspecified atom stereocenters. The number of carbonyl (C=O) groups is 1. The summed E-state index contributed by atoms with van der Waals surface area (Å²) in [6, 6.07) is 0.229. The first-order valence-electron chi connectivity index (χ1n) is 7.45. The van der Waals surface area contributed by atoms with Gasteiger partial charge in [-0.3, -0.25) is 5.32 Å². The SMILES string of the molecule is CCOC(=O)C(COCC(C)C)(NC(C)C)C1CC1. The van der Waals surface area contributed by atoms with Gasteiger partial charge in [-0.2, -0.15) is 0 Å². The lowest BCUT2D eigenvalue weighted by Gasteiger charge is -2.34. The van der Waals surface area contributed by atoms with E-state index in [-0.39, 0.29) is 12.0 Å². The van der Waals surface area contributed by atoms with Gasteiger partial charge in [0.15, 0.2) is 0 Å². The number of nitrogens with one attached hydrogen (secondary N) is 1. The van der Waals surface area contributed by atoms with E-state index in [0.717, 1.165) is 12.8 Å². The van der Waals surface area contributed by atoms with Crippen LogP contribution in [0.5, 0.6) is 0 Å². The van der Waals surface area contributed by atoms with Gasteiger partial charge in [-0.1, -0.05) is 13.8 Å². The molecule has 1 saturated carbocycles. The molecular weight excluding hydrogens is 242 g/mol. The van der Waals surface area contributed by atoms with Crippen molar-refractivity contribution in [1.29, 1.82) is 0 Å². The van der Waals surface area contributed by atoms with E-state index in [9.17, 15) is 4.79 Å². The zero-order valence-corrected chi connectivity index (χ0v) is 13.0. The molecule has 19 heavy (non-hydrogen) atoms. The van der Waals surface area contributed by atoms with Crippen molar-refractivity contribution in [3.8, 4) is 0 Å². The molecule has 0 aromatic heterocycles. The van der Waals surface area contributed by atoms with Crippen LogP contribution < -0.4 is 5.32 Å². The van der Waals surface area contributed by atoms with Crippen molar-refractivity contribution < 1.29 is 14.3 Å². The summed E-state index contributed by atoms with van der Waals surface area (Å²) in [7, 11) is 0. The zero-order chi connectivity index (χ0) is 14.5. The van der Waals surface area contributed by atoms with Crippen molar-refractivity contribution in [2.24, 2.45) is 11.8 Å². The third-order valence-corrected chi connectivity index (χ3v) is 3.24. The molecular formula is C15H29NO3. The Morgan fingerprint density at radius 3 is 2.37 bits per heavy atom. The Bertz CT molecular complexity index is 287. The summed E-state index contributed by atoms with van der Waals surface area (Å²) < 4.78 is 11.1. The maximum Gasteiger partial charge on any atom is 0.329 e. The first kappa shape index (κ1) is 16.4. The van der Waals surface area contributed by atoms with Gasteiger partial charge >= 0.3 is 5.97 Å². The van der Waals surface area contributed by atoms with Crippen molar-refractivity contribution in [2.45, 2.75) is 59.0 Å². The van der Waals surface area contributed by atoms with Crippen LogP contribution in [0, 0.1) is 11.8 Å². The fourth-order valence-corrected chi connectivity index (χ4v) is 2.37. The van der Waals surface area contributed by atoms with E-state index in [4.69, 9.17) is 9.47 Å². The molecule has 0 amide bonds. The molecule has 0 aliphatic heterocycles. The number of esters is 1. The Morgan fingerprint density at radius 1 is 1.32 bits per heavy atom. The quantitative estimate of drug-likeness (QED) is 0.654. The number of hydrogen-bond acceptors (Lipinski definition) is 4. The minimum Gasteiger partial charge on any atom is -0.465 e. The maximum atomic E-state index is 12.4. The highest BCUT2D eigenvalue weighted by Gasteiger charge is 2.52. The third kappa shape index (κ3) is 4.77. The highest BCUT2D eigenvalue weighted by Crippen LogP contribution is 2.41. The normalized spacial score (nSPS) is 18.7. The molecule has 1 rings (SSSR count). The van der Waals surface area contributed by atoms with E-state index in [1.165, 1.54) is 0 Å². The molecule has 4 heteroatoms. The molecule has 1 aliphatic carbocycles. The minimum atomic E-state index is -0.654. The highest BCUT2D eigenvalue weighted by molar-refractivity contribution is 5.82. The Morgan fingerprint density at radius 2 is 1.95 bits per heavy atom. The summed E-state index contributed by atoms with van der Waals surface area (Å²) in [6.45, 7) is 11.7. The second-order valence-electron chi connectivity index (χ2n) is 6.17. The average molecular weight is 271 g/mol. The van der Waals surface area contributed by atoms with Gasteiger partial charge in [0, 0.05) is 12.6 Å². The number of carbonyl (C=O) groups excluding carboxylic acids is 1. The zero-order valence-electron chi connectivity index (χ0n) is 13.0. The van der Waals surface area contributed by atoms with Gasteiger partial charge in [0.25, 0.3) is 0 Å². The van der Waals surface area contributed by atoms with Crippen molar-refractivity contribution in [3.05, 3.63) is 0 Å². The smallest absolute Gasteiger partial charge is 0.329 e. The van der Waals surface area contributed by atoms with Crippen LogP contribution in [-0.4, -0.2) is 37.4 Å². The minimum absolute atomic E-state index is 0.157. The van der Waals surface area contributed by atoms with Crippen LogP contribution >= 0.6 is 0 Å². The molecule has 0 aromatic rings. The molecule has 112 valence electrons. The van der Waals surface area contributed by atoms with Crippen LogP contribution in [0.3, 0.4) is 0 Å².